The van der Waals surface area contributed by atoms with Gasteiger partial charge in [-0.15, -0.1) is 0 Å². The fraction of sp³-hybridized carbons (Fsp3) is 0.364. The second-order valence-electron chi connectivity index (χ2n) is 7.21. The molecule has 0 saturated heterocycles. The molecular weight excluding hydrogens is 404 g/mol. The van der Waals surface area contributed by atoms with Gasteiger partial charge in [-0.25, -0.2) is 13.2 Å². The van der Waals surface area contributed by atoms with Crippen LogP contribution in [0.4, 0.5) is 11.4 Å². The molecular formula is C22H28N2O5S. The number of aryl methyl sites for hydroxylation is 2. The van der Waals surface area contributed by atoms with Gasteiger partial charge in [-0.05, 0) is 69.5 Å². The van der Waals surface area contributed by atoms with Crippen molar-refractivity contribution in [1.29, 1.82) is 0 Å². The molecule has 0 aliphatic carbocycles. The van der Waals surface area contributed by atoms with Crippen LogP contribution in [0.15, 0.2) is 36.4 Å². The van der Waals surface area contributed by atoms with E-state index in [0.717, 1.165) is 21.7 Å². The van der Waals surface area contributed by atoms with E-state index in [2.05, 4.69) is 5.32 Å². The molecule has 0 unspecified atom stereocenters. The summed E-state index contributed by atoms with van der Waals surface area (Å²) in [7, 11) is -3.73. The molecule has 0 aliphatic heterocycles. The lowest BCUT2D eigenvalue weighted by Gasteiger charge is -2.30. The molecule has 1 atom stereocenters. The molecule has 0 aliphatic rings. The number of nitrogens with zero attached hydrogens (tertiary/aromatic N) is 1. The number of anilines is 2. The fourth-order valence-corrected chi connectivity index (χ4v) is 4.40. The van der Waals surface area contributed by atoms with Gasteiger partial charge in [-0.2, -0.15) is 0 Å². The average molecular weight is 433 g/mol. The monoisotopic (exact) mass is 432 g/mol. The van der Waals surface area contributed by atoms with Gasteiger partial charge in [0.25, 0.3) is 0 Å². The van der Waals surface area contributed by atoms with Gasteiger partial charge in [-0.3, -0.25) is 9.10 Å². The minimum atomic E-state index is -3.73. The van der Waals surface area contributed by atoms with Crippen molar-refractivity contribution in [3.05, 3.63) is 58.7 Å². The molecule has 8 heteroatoms. The lowest BCUT2D eigenvalue weighted by atomic mass is 10.1. The molecule has 0 heterocycles. The van der Waals surface area contributed by atoms with Gasteiger partial charge in [0, 0.05) is 5.69 Å². The lowest BCUT2D eigenvalue weighted by Crippen LogP contribution is -2.45. The highest BCUT2D eigenvalue weighted by molar-refractivity contribution is 7.92. The summed E-state index contributed by atoms with van der Waals surface area (Å²) in [5.41, 5.74) is 3.40. The van der Waals surface area contributed by atoms with Gasteiger partial charge in [0.1, 0.15) is 6.04 Å². The standard InChI is InChI=1S/C22H28N2O5S/c1-7-29-22(26)18-9-8-10-19(16(18)4)23-21(25)17(5)24(30(6,27)28)20-13-14(2)11-12-15(20)3/h8-13,17H,7H2,1-6H3,(H,23,25)/t17-/m1/s1. The quantitative estimate of drug-likeness (QED) is 0.675. The molecule has 162 valence electrons. The topological polar surface area (TPSA) is 92.8 Å². The van der Waals surface area contributed by atoms with Crippen molar-refractivity contribution in [1.82, 2.24) is 0 Å². The first kappa shape index (κ1) is 23.4. The zero-order chi connectivity index (χ0) is 22.6. The van der Waals surface area contributed by atoms with E-state index in [4.69, 9.17) is 4.74 Å². The first-order chi connectivity index (χ1) is 14.0. The van der Waals surface area contributed by atoms with Crippen molar-refractivity contribution >= 4 is 33.3 Å². The molecule has 0 fully saturated rings. The Balaban J connectivity index is 2.39. The summed E-state index contributed by atoms with van der Waals surface area (Å²) in [5, 5.41) is 2.75. The first-order valence-corrected chi connectivity index (χ1v) is 11.5. The van der Waals surface area contributed by atoms with Crippen LogP contribution in [-0.2, 0) is 19.6 Å². The normalized spacial score (nSPS) is 12.2. The number of hydrogen-bond acceptors (Lipinski definition) is 5. The lowest BCUT2D eigenvalue weighted by molar-refractivity contribution is -0.116. The second-order valence-corrected chi connectivity index (χ2v) is 9.07. The minimum absolute atomic E-state index is 0.241. The number of esters is 1. The van der Waals surface area contributed by atoms with Crippen molar-refractivity contribution < 1.29 is 22.7 Å². The Hall–Kier alpha value is -2.87. The maximum atomic E-state index is 13.0. The fourth-order valence-electron chi connectivity index (χ4n) is 3.18. The van der Waals surface area contributed by atoms with E-state index >= 15 is 0 Å². The number of amides is 1. The van der Waals surface area contributed by atoms with Crippen LogP contribution in [0, 0.1) is 20.8 Å². The number of benzene rings is 2. The number of nitrogens with one attached hydrogen (secondary N) is 1. The van der Waals surface area contributed by atoms with E-state index in [1.807, 2.05) is 19.1 Å². The van der Waals surface area contributed by atoms with Crippen LogP contribution in [0.2, 0.25) is 0 Å². The van der Waals surface area contributed by atoms with Gasteiger partial charge in [0.2, 0.25) is 15.9 Å². The third kappa shape index (κ3) is 5.18. The van der Waals surface area contributed by atoms with Crippen LogP contribution in [0.25, 0.3) is 0 Å². The average Bonchev–Trinajstić information content (AvgIpc) is 2.65. The van der Waals surface area contributed by atoms with E-state index in [1.54, 1.807) is 45.0 Å². The number of rotatable bonds is 7. The van der Waals surface area contributed by atoms with E-state index in [9.17, 15) is 18.0 Å². The molecule has 0 bridgehead atoms. The Kier molecular flexibility index (Phi) is 7.25. The molecule has 1 N–H and O–H groups in total. The zero-order valence-corrected chi connectivity index (χ0v) is 19.0. The number of carbonyl (C=O) groups is 2. The van der Waals surface area contributed by atoms with Crippen LogP contribution in [-0.4, -0.2) is 39.2 Å². The Morgan fingerprint density at radius 1 is 1.13 bits per heavy atom. The largest absolute Gasteiger partial charge is 0.462 e. The molecule has 7 nitrogen and oxygen atoms in total. The van der Waals surface area contributed by atoms with Crippen LogP contribution in [0.1, 0.15) is 40.9 Å². The zero-order valence-electron chi connectivity index (χ0n) is 18.1. The number of carbonyl (C=O) groups excluding carboxylic acids is 2. The summed E-state index contributed by atoms with van der Waals surface area (Å²) >= 11 is 0. The van der Waals surface area contributed by atoms with Crippen molar-refractivity contribution in [2.75, 3.05) is 22.5 Å². The van der Waals surface area contributed by atoms with Crippen LogP contribution in [0.5, 0.6) is 0 Å². The maximum absolute atomic E-state index is 13.0. The molecule has 0 spiro atoms. The molecule has 1 amide bonds. The third-order valence-corrected chi connectivity index (χ3v) is 6.01. The Labute approximate surface area is 178 Å². The molecule has 0 aromatic heterocycles. The number of sulfonamides is 1. The number of hydrogen-bond donors (Lipinski definition) is 1. The SMILES string of the molecule is CCOC(=O)c1cccc(NC(=O)[C@@H](C)N(c2cc(C)ccc2C)S(C)(=O)=O)c1C. The van der Waals surface area contributed by atoms with Gasteiger partial charge < -0.3 is 10.1 Å². The Bertz CT molecular complexity index is 1060. The Morgan fingerprint density at radius 3 is 2.40 bits per heavy atom. The highest BCUT2D eigenvalue weighted by atomic mass is 32.2. The van der Waals surface area contributed by atoms with Crippen molar-refractivity contribution in [3.63, 3.8) is 0 Å². The molecule has 2 aromatic carbocycles. The second kappa shape index (κ2) is 9.30. The predicted molar refractivity (Wildman–Crippen MR) is 118 cm³/mol. The van der Waals surface area contributed by atoms with Crippen molar-refractivity contribution in [3.8, 4) is 0 Å². The summed E-state index contributed by atoms with van der Waals surface area (Å²) in [4.78, 5) is 25.1. The van der Waals surface area contributed by atoms with E-state index in [1.165, 1.54) is 6.92 Å². The summed E-state index contributed by atoms with van der Waals surface area (Å²) in [5.74, 6) is -0.988. The molecule has 0 radical (unpaired) electrons. The van der Waals surface area contributed by atoms with Crippen LogP contribution in [0.3, 0.4) is 0 Å². The van der Waals surface area contributed by atoms with Crippen molar-refractivity contribution in [2.24, 2.45) is 0 Å². The first-order valence-electron chi connectivity index (χ1n) is 9.61. The van der Waals surface area contributed by atoms with Gasteiger partial charge in [-0.1, -0.05) is 18.2 Å². The van der Waals surface area contributed by atoms with Crippen molar-refractivity contribution in [2.45, 2.75) is 40.7 Å². The summed E-state index contributed by atoms with van der Waals surface area (Å²) in [6.07, 6.45) is 1.07. The van der Waals surface area contributed by atoms with E-state index < -0.39 is 27.9 Å². The van der Waals surface area contributed by atoms with E-state index in [-0.39, 0.29) is 6.61 Å². The maximum Gasteiger partial charge on any atom is 0.338 e. The molecule has 2 rings (SSSR count). The highest BCUT2D eigenvalue weighted by Crippen LogP contribution is 2.27. The van der Waals surface area contributed by atoms with Crippen LogP contribution >= 0.6 is 0 Å². The summed E-state index contributed by atoms with van der Waals surface area (Å²) < 4.78 is 31.3. The summed E-state index contributed by atoms with van der Waals surface area (Å²) in [6, 6.07) is 9.35. The minimum Gasteiger partial charge on any atom is -0.462 e. The third-order valence-electron chi connectivity index (χ3n) is 4.78. The smallest absolute Gasteiger partial charge is 0.338 e. The van der Waals surface area contributed by atoms with Gasteiger partial charge in [0.05, 0.1) is 24.1 Å². The van der Waals surface area contributed by atoms with E-state index in [0.29, 0.717) is 22.5 Å². The molecule has 30 heavy (non-hydrogen) atoms. The Morgan fingerprint density at radius 2 is 1.80 bits per heavy atom. The van der Waals surface area contributed by atoms with Crippen LogP contribution < -0.4 is 9.62 Å². The van der Waals surface area contributed by atoms with Gasteiger partial charge in [0.15, 0.2) is 0 Å². The summed E-state index contributed by atoms with van der Waals surface area (Å²) in [6.45, 7) is 8.84. The molecule has 0 saturated carbocycles. The van der Waals surface area contributed by atoms with Gasteiger partial charge >= 0.3 is 5.97 Å². The molecule has 2 aromatic rings. The number of ether oxygens (including phenoxy) is 1. The predicted octanol–water partition coefficient (Wildman–Crippen LogP) is 3.58. The highest BCUT2D eigenvalue weighted by Gasteiger charge is 2.30.